The van der Waals surface area contributed by atoms with Crippen LogP contribution in [-0.2, 0) is 4.74 Å². The van der Waals surface area contributed by atoms with Gasteiger partial charge in [-0.25, -0.2) is 9.78 Å². The van der Waals surface area contributed by atoms with Crippen molar-refractivity contribution in [1.82, 2.24) is 19.3 Å². The first-order valence-electron chi connectivity index (χ1n) is 6.98. The molecule has 0 aliphatic carbocycles. The summed E-state index contributed by atoms with van der Waals surface area (Å²) in [6.07, 6.45) is 9.10. The number of fused-ring (bicyclic) bond motifs is 2. The Morgan fingerprint density at radius 3 is 3.20 bits per heavy atom. The molecule has 4 heterocycles. The van der Waals surface area contributed by atoms with Crippen LogP contribution < -0.4 is 0 Å². The topological polar surface area (TPSA) is 59.7 Å². The van der Waals surface area contributed by atoms with Gasteiger partial charge in [0, 0.05) is 24.9 Å². The highest BCUT2D eigenvalue weighted by Gasteiger charge is 2.43. The molecule has 3 atom stereocenters. The Morgan fingerprint density at radius 2 is 2.30 bits per heavy atom. The van der Waals surface area contributed by atoms with Gasteiger partial charge in [-0.1, -0.05) is 0 Å². The molecule has 2 aromatic heterocycles. The molecular weight excluding hydrogens is 256 g/mol. The summed E-state index contributed by atoms with van der Waals surface area (Å²) in [7, 11) is 0. The maximum absolute atomic E-state index is 11.9. The third kappa shape index (κ3) is 1.60. The van der Waals surface area contributed by atoms with Crippen molar-refractivity contribution in [2.24, 2.45) is 0 Å². The van der Waals surface area contributed by atoms with E-state index in [1.54, 1.807) is 6.20 Å². The van der Waals surface area contributed by atoms with Gasteiger partial charge in [0.15, 0.2) is 0 Å². The van der Waals surface area contributed by atoms with E-state index in [4.69, 9.17) is 4.74 Å². The molecule has 0 N–H and O–H groups in total. The van der Waals surface area contributed by atoms with E-state index in [0.29, 0.717) is 6.54 Å². The van der Waals surface area contributed by atoms with E-state index in [2.05, 4.69) is 9.97 Å². The molecule has 2 aromatic rings. The van der Waals surface area contributed by atoms with E-state index in [9.17, 15) is 4.79 Å². The summed E-state index contributed by atoms with van der Waals surface area (Å²) >= 11 is 0. The molecule has 1 amide bonds. The fourth-order valence-corrected chi connectivity index (χ4v) is 3.39. The number of imidazole rings is 1. The van der Waals surface area contributed by atoms with Crippen LogP contribution in [0.5, 0.6) is 0 Å². The molecule has 0 aromatic carbocycles. The van der Waals surface area contributed by atoms with Crippen molar-refractivity contribution < 1.29 is 9.53 Å². The van der Waals surface area contributed by atoms with Crippen molar-refractivity contribution >= 4 is 11.6 Å². The first kappa shape index (κ1) is 11.7. The zero-order valence-corrected chi connectivity index (χ0v) is 11.3. The third-order valence-corrected chi connectivity index (χ3v) is 4.45. The van der Waals surface area contributed by atoms with Crippen molar-refractivity contribution in [1.29, 1.82) is 0 Å². The molecule has 0 bridgehead atoms. The Morgan fingerprint density at radius 1 is 1.40 bits per heavy atom. The first-order valence-corrected chi connectivity index (χ1v) is 6.98. The van der Waals surface area contributed by atoms with Crippen LogP contribution in [0.15, 0.2) is 24.9 Å². The molecule has 20 heavy (non-hydrogen) atoms. The summed E-state index contributed by atoms with van der Waals surface area (Å²) in [5.74, 6) is 0.262. The zero-order valence-electron chi connectivity index (χ0n) is 11.3. The van der Waals surface area contributed by atoms with Gasteiger partial charge in [0.25, 0.3) is 0 Å². The quantitative estimate of drug-likeness (QED) is 0.794. The molecule has 2 saturated heterocycles. The summed E-state index contributed by atoms with van der Waals surface area (Å²) in [5.41, 5.74) is 2.06. The number of piperidine rings is 1. The van der Waals surface area contributed by atoms with Crippen molar-refractivity contribution in [3.63, 3.8) is 0 Å². The second-order valence-electron chi connectivity index (χ2n) is 5.58. The van der Waals surface area contributed by atoms with Crippen molar-refractivity contribution in [3.8, 4) is 0 Å². The predicted octanol–water partition coefficient (Wildman–Crippen LogP) is 1.82. The highest BCUT2D eigenvalue weighted by molar-refractivity contribution is 5.71. The second-order valence-corrected chi connectivity index (χ2v) is 5.58. The number of hydrogen-bond acceptors (Lipinski definition) is 4. The Bertz CT molecular complexity index is 668. The molecule has 104 valence electrons. The Labute approximate surface area is 116 Å². The Kier molecular flexibility index (Phi) is 2.45. The third-order valence-electron chi connectivity index (χ3n) is 4.45. The summed E-state index contributed by atoms with van der Waals surface area (Å²) in [4.78, 5) is 22.4. The molecule has 2 aliphatic heterocycles. The van der Waals surface area contributed by atoms with Gasteiger partial charge in [0.05, 0.1) is 29.8 Å². The number of rotatable bonds is 1. The number of carbonyl (C=O) groups is 1. The standard InChI is InChI=1S/C14H16N4O2/c1-9-11-3-2-10(7-18(11)14(19)20-9)13-12-6-15-4-5-17(12)8-16-13/h4-6,8-11H,2-3,7H2,1H3/t9?,10-,11+/m1/s1. The SMILES string of the molecule is CC1OC(=O)N2C[C@H](c3ncn4ccncc34)CC[C@@H]12. The Hall–Kier alpha value is -2.11. The lowest BCUT2D eigenvalue weighted by Gasteiger charge is -2.33. The molecule has 6 heteroatoms. The fraction of sp³-hybridized carbons (Fsp3) is 0.500. The number of hydrogen-bond donors (Lipinski definition) is 0. The predicted molar refractivity (Wildman–Crippen MR) is 71.4 cm³/mol. The molecule has 6 nitrogen and oxygen atoms in total. The minimum absolute atomic E-state index is 0.00357. The highest BCUT2D eigenvalue weighted by atomic mass is 16.6. The molecule has 2 aliphatic rings. The fourth-order valence-electron chi connectivity index (χ4n) is 3.39. The van der Waals surface area contributed by atoms with Gasteiger partial charge in [0.1, 0.15) is 6.10 Å². The van der Waals surface area contributed by atoms with Crippen LogP contribution in [0, 0.1) is 0 Å². The van der Waals surface area contributed by atoms with Gasteiger partial charge in [-0.05, 0) is 19.8 Å². The minimum Gasteiger partial charge on any atom is -0.444 e. The van der Waals surface area contributed by atoms with Gasteiger partial charge < -0.3 is 14.0 Å². The number of amides is 1. The summed E-state index contributed by atoms with van der Waals surface area (Å²) in [6, 6.07) is 0.228. The van der Waals surface area contributed by atoms with Crippen molar-refractivity contribution in [2.75, 3.05) is 6.54 Å². The number of cyclic esters (lactones) is 1. The monoisotopic (exact) mass is 272 g/mol. The molecule has 0 spiro atoms. The normalized spacial score (nSPS) is 29.6. The van der Waals surface area contributed by atoms with E-state index in [1.165, 1.54) is 0 Å². The smallest absolute Gasteiger partial charge is 0.410 e. The van der Waals surface area contributed by atoms with E-state index in [-0.39, 0.29) is 24.2 Å². The zero-order chi connectivity index (χ0) is 13.7. The number of ether oxygens (including phenoxy) is 1. The summed E-state index contributed by atoms with van der Waals surface area (Å²) < 4.78 is 7.28. The number of nitrogens with zero attached hydrogens (tertiary/aromatic N) is 4. The average molecular weight is 272 g/mol. The van der Waals surface area contributed by atoms with Gasteiger partial charge >= 0.3 is 6.09 Å². The minimum atomic E-state index is -0.186. The van der Waals surface area contributed by atoms with E-state index in [0.717, 1.165) is 24.1 Å². The van der Waals surface area contributed by atoms with Crippen LogP contribution >= 0.6 is 0 Å². The van der Waals surface area contributed by atoms with Crippen molar-refractivity contribution in [2.45, 2.75) is 37.8 Å². The number of aromatic nitrogens is 3. The molecule has 0 saturated carbocycles. The lowest BCUT2D eigenvalue weighted by molar-refractivity contribution is 0.137. The molecular formula is C14H16N4O2. The largest absolute Gasteiger partial charge is 0.444 e. The molecule has 0 radical (unpaired) electrons. The maximum Gasteiger partial charge on any atom is 0.410 e. The van der Waals surface area contributed by atoms with Crippen LogP contribution in [-0.4, -0.2) is 44.1 Å². The lowest BCUT2D eigenvalue weighted by atomic mass is 9.89. The molecule has 4 rings (SSSR count). The van der Waals surface area contributed by atoms with E-state index in [1.807, 2.05) is 34.9 Å². The van der Waals surface area contributed by atoms with Crippen LogP contribution in [0.2, 0.25) is 0 Å². The Balaban J connectivity index is 1.66. The average Bonchev–Trinajstić information content (AvgIpc) is 3.01. The van der Waals surface area contributed by atoms with Gasteiger partial charge in [-0.15, -0.1) is 0 Å². The number of carbonyl (C=O) groups excluding carboxylic acids is 1. The first-order chi connectivity index (χ1) is 9.74. The van der Waals surface area contributed by atoms with E-state index >= 15 is 0 Å². The summed E-state index contributed by atoms with van der Waals surface area (Å²) in [5, 5.41) is 0. The van der Waals surface area contributed by atoms with Gasteiger partial charge in [-0.2, -0.15) is 0 Å². The van der Waals surface area contributed by atoms with Crippen molar-refractivity contribution in [3.05, 3.63) is 30.6 Å². The van der Waals surface area contributed by atoms with E-state index < -0.39 is 0 Å². The van der Waals surface area contributed by atoms with Gasteiger partial charge in [-0.3, -0.25) is 4.98 Å². The van der Waals surface area contributed by atoms with Crippen LogP contribution in [0.3, 0.4) is 0 Å². The summed E-state index contributed by atoms with van der Waals surface area (Å²) in [6.45, 7) is 2.66. The lowest BCUT2D eigenvalue weighted by Crippen LogP contribution is -2.42. The molecule has 2 fully saturated rings. The van der Waals surface area contributed by atoms with Crippen LogP contribution in [0.25, 0.3) is 5.52 Å². The second kappa shape index (κ2) is 4.19. The van der Waals surface area contributed by atoms with Gasteiger partial charge in [0.2, 0.25) is 0 Å². The maximum atomic E-state index is 11.9. The van der Waals surface area contributed by atoms with Crippen LogP contribution in [0.1, 0.15) is 31.4 Å². The highest BCUT2D eigenvalue weighted by Crippen LogP contribution is 2.36. The van der Waals surface area contributed by atoms with Crippen LogP contribution in [0.4, 0.5) is 4.79 Å². The molecule has 1 unspecified atom stereocenters.